The van der Waals surface area contributed by atoms with E-state index in [1.807, 2.05) is 27.2 Å². The largest absolute Gasteiger partial charge is 0.472 e. The van der Waals surface area contributed by atoms with Gasteiger partial charge in [-0.25, -0.2) is 4.57 Å². The SMILES string of the molecule is CCCCCCC/C=C\C/C=C\C/C=C\CCCCCCCCCCCCCCCCCCCCCCCCC(=O)NC(COP(=O)(O)OCC[N+](C)(C)C)C(O)/C=C/CC/C=C/CCCCCCCCCCCCCCCCCCCCCCCCC. The van der Waals surface area contributed by atoms with Crippen LogP contribution in [0.25, 0.3) is 0 Å². The van der Waals surface area contributed by atoms with Crippen molar-refractivity contribution < 1.29 is 32.9 Å². The number of amides is 1. The number of rotatable bonds is 72. The van der Waals surface area contributed by atoms with Crippen LogP contribution >= 0.6 is 7.82 Å². The number of phosphoric ester groups is 1. The predicted molar refractivity (Wildman–Crippen MR) is 387 cm³/mol. The summed E-state index contributed by atoms with van der Waals surface area (Å²) < 4.78 is 23.8. The summed E-state index contributed by atoms with van der Waals surface area (Å²) in [4.78, 5) is 23.5. The van der Waals surface area contributed by atoms with Crippen molar-refractivity contribution in [2.24, 2.45) is 0 Å². The molecule has 3 unspecified atom stereocenters. The molecule has 0 aromatic rings. The van der Waals surface area contributed by atoms with Gasteiger partial charge in [-0.1, -0.05) is 370 Å². The highest BCUT2D eigenvalue weighted by atomic mass is 31.2. The van der Waals surface area contributed by atoms with E-state index in [0.29, 0.717) is 17.4 Å². The molecule has 0 radical (unpaired) electrons. The molecule has 0 aliphatic rings. The molecule has 0 aromatic carbocycles. The second-order valence-electron chi connectivity index (χ2n) is 27.7. The molecule has 0 aliphatic carbocycles. The monoisotopic (exact) mass is 1260 g/mol. The molecule has 8 nitrogen and oxygen atoms in total. The number of likely N-dealkylation sites (N-methyl/N-ethyl adjacent to an activating group) is 1. The molecule has 0 bridgehead atoms. The number of unbranched alkanes of at least 4 members (excludes halogenated alkanes) is 51. The number of nitrogens with one attached hydrogen (secondary N) is 1. The Morgan fingerprint density at radius 2 is 0.659 bits per heavy atom. The van der Waals surface area contributed by atoms with Crippen molar-refractivity contribution in [3.05, 3.63) is 60.8 Å². The molecular formula is C79H152N2O6P+. The zero-order valence-corrected chi connectivity index (χ0v) is 60.4. The minimum Gasteiger partial charge on any atom is -0.387 e. The number of nitrogens with zero attached hydrogens (tertiary/aromatic N) is 1. The van der Waals surface area contributed by atoms with E-state index in [-0.39, 0.29) is 19.1 Å². The zero-order chi connectivity index (χ0) is 64.1. The molecule has 0 aromatic heterocycles. The van der Waals surface area contributed by atoms with Gasteiger partial charge in [0.05, 0.1) is 39.9 Å². The quantitative estimate of drug-likeness (QED) is 0.0243. The summed E-state index contributed by atoms with van der Waals surface area (Å²) in [7, 11) is 1.57. The lowest BCUT2D eigenvalue weighted by Crippen LogP contribution is -2.45. The van der Waals surface area contributed by atoms with Crippen LogP contribution in [0.4, 0.5) is 0 Å². The molecule has 0 fully saturated rings. The number of phosphoric acid groups is 1. The van der Waals surface area contributed by atoms with Gasteiger partial charge < -0.3 is 19.8 Å². The standard InChI is InChI=1S/C79H151N2O6P/c1-6-8-10-12-14-16-18-20-22-24-26-28-30-32-34-36-37-38-39-40-41-42-43-45-47-49-51-53-55-57-59-61-63-65-67-69-71-73-79(83)80-77(76-87-88(84,85)86-75-74-81(3,4)5)78(82)72-70-68-66-64-62-60-58-56-54-52-50-48-46-44-35-33-31-29-27-25-23-21-19-17-15-13-11-9-7-2/h18,20,24,26,30,32,62,64,70,72,77-78,82H,6-17,19,21-23,25,27-29,31,33-61,63,65-69,71,73-76H2,1-5H3,(H-,80,83,84,85)/p+1/b20-18-,26-24-,32-30-,64-62+,72-70+. The molecule has 3 N–H and O–H groups in total. The Bertz CT molecular complexity index is 1620. The third kappa shape index (κ3) is 71.6. The average Bonchev–Trinajstić information content (AvgIpc) is 3.70. The second-order valence-corrected chi connectivity index (χ2v) is 29.2. The van der Waals surface area contributed by atoms with Crippen molar-refractivity contribution in [3.8, 4) is 0 Å². The topological polar surface area (TPSA) is 105 Å². The van der Waals surface area contributed by atoms with Crippen molar-refractivity contribution >= 4 is 13.7 Å². The van der Waals surface area contributed by atoms with Gasteiger partial charge in [0, 0.05) is 6.42 Å². The van der Waals surface area contributed by atoms with Gasteiger partial charge in [0.1, 0.15) is 13.2 Å². The zero-order valence-electron chi connectivity index (χ0n) is 59.5. The molecular weight excluding hydrogens is 1100 g/mol. The van der Waals surface area contributed by atoms with Gasteiger partial charge in [-0.15, -0.1) is 0 Å². The Labute approximate surface area is 549 Å². The number of carbonyl (C=O) groups is 1. The Morgan fingerprint density at radius 1 is 0.386 bits per heavy atom. The molecule has 1 amide bonds. The number of hydrogen-bond donors (Lipinski definition) is 3. The summed E-state index contributed by atoms with van der Waals surface area (Å²) in [6.07, 6.45) is 96.9. The normalized spacial score (nSPS) is 13.9. The highest BCUT2D eigenvalue weighted by Crippen LogP contribution is 2.43. The van der Waals surface area contributed by atoms with Crippen LogP contribution in [0.15, 0.2) is 60.8 Å². The van der Waals surface area contributed by atoms with Crippen molar-refractivity contribution in [3.63, 3.8) is 0 Å². The van der Waals surface area contributed by atoms with E-state index >= 15 is 0 Å². The lowest BCUT2D eigenvalue weighted by Gasteiger charge is -2.25. The summed E-state index contributed by atoms with van der Waals surface area (Å²) in [5, 5.41) is 14.0. The third-order valence-corrected chi connectivity index (χ3v) is 18.7. The third-order valence-electron chi connectivity index (χ3n) is 17.7. The highest BCUT2D eigenvalue weighted by molar-refractivity contribution is 7.47. The van der Waals surface area contributed by atoms with Crippen molar-refractivity contribution in [1.82, 2.24) is 5.32 Å². The van der Waals surface area contributed by atoms with Gasteiger partial charge in [-0.05, 0) is 70.6 Å². The molecule has 0 spiro atoms. The summed E-state index contributed by atoms with van der Waals surface area (Å²) in [5.74, 6) is -0.180. The van der Waals surface area contributed by atoms with E-state index in [9.17, 15) is 19.4 Å². The Morgan fingerprint density at radius 3 is 0.989 bits per heavy atom. The smallest absolute Gasteiger partial charge is 0.387 e. The fraction of sp³-hybridized carbons (Fsp3) is 0.861. The van der Waals surface area contributed by atoms with Crippen molar-refractivity contribution in [2.75, 3.05) is 40.9 Å². The van der Waals surface area contributed by atoms with Gasteiger partial charge in [0.2, 0.25) is 5.91 Å². The van der Waals surface area contributed by atoms with Crippen LogP contribution in [0.3, 0.4) is 0 Å². The molecule has 518 valence electrons. The molecule has 0 heterocycles. The van der Waals surface area contributed by atoms with E-state index in [2.05, 4.69) is 67.8 Å². The molecule has 0 rings (SSSR count). The maximum absolute atomic E-state index is 13.1. The molecule has 0 saturated carbocycles. The number of quaternary nitrogens is 1. The van der Waals surface area contributed by atoms with Crippen molar-refractivity contribution in [1.29, 1.82) is 0 Å². The first-order chi connectivity index (χ1) is 43.0. The van der Waals surface area contributed by atoms with Crippen LogP contribution < -0.4 is 5.32 Å². The number of carbonyl (C=O) groups excluding carboxylic acids is 1. The lowest BCUT2D eigenvalue weighted by molar-refractivity contribution is -0.870. The first kappa shape index (κ1) is 86.2. The second kappa shape index (κ2) is 69.5. The van der Waals surface area contributed by atoms with Crippen LogP contribution in [0.2, 0.25) is 0 Å². The first-order valence-corrected chi connectivity index (χ1v) is 40.2. The maximum Gasteiger partial charge on any atom is 0.472 e. The Hall–Kier alpha value is -1.80. The van der Waals surface area contributed by atoms with Crippen LogP contribution in [0, 0.1) is 0 Å². The summed E-state index contributed by atoms with van der Waals surface area (Å²) in [6.45, 7) is 4.84. The maximum atomic E-state index is 13.1. The number of allylic oxidation sites excluding steroid dienone is 9. The summed E-state index contributed by atoms with van der Waals surface area (Å²) in [6, 6.07) is -0.866. The number of hydrogen-bond acceptors (Lipinski definition) is 5. The highest BCUT2D eigenvalue weighted by Gasteiger charge is 2.28. The van der Waals surface area contributed by atoms with E-state index in [0.717, 1.165) is 51.4 Å². The van der Waals surface area contributed by atoms with E-state index in [1.165, 1.54) is 315 Å². The summed E-state index contributed by atoms with van der Waals surface area (Å²) in [5.41, 5.74) is 0. The lowest BCUT2D eigenvalue weighted by atomic mass is 10.0. The average molecular weight is 1260 g/mol. The molecule has 88 heavy (non-hydrogen) atoms. The molecule has 0 aliphatic heterocycles. The first-order valence-electron chi connectivity index (χ1n) is 38.7. The molecule has 0 saturated heterocycles. The fourth-order valence-electron chi connectivity index (χ4n) is 11.7. The summed E-state index contributed by atoms with van der Waals surface area (Å²) >= 11 is 0. The van der Waals surface area contributed by atoms with E-state index in [1.54, 1.807) is 6.08 Å². The molecule has 3 atom stereocenters. The van der Waals surface area contributed by atoms with E-state index < -0.39 is 20.0 Å². The van der Waals surface area contributed by atoms with Gasteiger partial charge >= 0.3 is 7.82 Å². The Kier molecular flexibility index (Phi) is 68.1. The van der Waals surface area contributed by atoms with Crippen LogP contribution in [-0.4, -0.2) is 73.4 Å². The van der Waals surface area contributed by atoms with E-state index in [4.69, 9.17) is 9.05 Å². The predicted octanol–water partition coefficient (Wildman–Crippen LogP) is 25.1. The van der Waals surface area contributed by atoms with Crippen LogP contribution in [0.5, 0.6) is 0 Å². The van der Waals surface area contributed by atoms with Gasteiger partial charge in [-0.3, -0.25) is 13.8 Å². The molecule has 9 heteroatoms. The minimum absolute atomic E-state index is 0.0569. The van der Waals surface area contributed by atoms with Gasteiger partial charge in [-0.2, -0.15) is 0 Å². The fourth-order valence-corrected chi connectivity index (χ4v) is 12.5. The van der Waals surface area contributed by atoms with Crippen LogP contribution in [-0.2, 0) is 18.4 Å². The van der Waals surface area contributed by atoms with Crippen molar-refractivity contribution in [2.45, 2.75) is 398 Å². The van der Waals surface area contributed by atoms with Gasteiger partial charge in [0.15, 0.2) is 0 Å². The van der Waals surface area contributed by atoms with Crippen LogP contribution in [0.1, 0.15) is 386 Å². The Balaban J connectivity index is 4.00. The number of aliphatic hydroxyl groups excluding tert-OH is 1. The minimum atomic E-state index is -4.37. The van der Waals surface area contributed by atoms with Gasteiger partial charge in [0.25, 0.3) is 0 Å². The number of aliphatic hydroxyl groups is 1.